The lowest BCUT2D eigenvalue weighted by molar-refractivity contribution is 0.0931. The van der Waals surface area contributed by atoms with Crippen LogP contribution in [0.15, 0.2) is 66.7 Å². The number of benzene rings is 3. The van der Waals surface area contributed by atoms with Gasteiger partial charge in [0.1, 0.15) is 11.6 Å². The number of rotatable bonds is 9. The van der Waals surface area contributed by atoms with Gasteiger partial charge in [-0.3, -0.25) is 19.1 Å². The van der Waals surface area contributed by atoms with Crippen molar-refractivity contribution in [1.29, 1.82) is 0 Å². The Kier molecular flexibility index (Phi) is 7.52. The second-order valence-corrected chi connectivity index (χ2v) is 12.2. The maximum absolute atomic E-state index is 14.0. The highest BCUT2D eigenvalue weighted by atomic mass is 32.2. The van der Waals surface area contributed by atoms with Crippen LogP contribution in [0.25, 0.3) is 5.70 Å². The highest BCUT2D eigenvalue weighted by molar-refractivity contribution is 7.92. The molecule has 0 unspecified atom stereocenters. The number of carbonyl (C=O) groups is 1. The van der Waals surface area contributed by atoms with Gasteiger partial charge in [0.25, 0.3) is 5.91 Å². The minimum atomic E-state index is -3.80. The molecule has 11 heteroatoms. The minimum absolute atomic E-state index is 0.0852. The second kappa shape index (κ2) is 10.8. The fourth-order valence-corrected chi connectivity index (χ4v) is 6.46. The molecule has 0 radical (unpaired) electrons. The van der Waals surface area contributed by atoms with E-state index in [1.165, 1.54) is 28.6 Å². The van der Waals surface area contributed by atoms with Crippen molar-refractivity contribution < 1.29 is 22.0 Å². The van der Waals surface area contributed by atoms with E-state index in [0.29, 0.717) is 36.2 Å². The molecule has 8 nitrogen and oxygen atoms in total. The van der Waals surface area contributed by atoms with Crippen LogP contribution in [0.5, 0.6) is 0 Å². The van der Waals surface area contributed by atoms with Gasteiger partial charge in [0.15, 0.2) is 0 Å². The van der Waals surface area contributed by atoms with Crippen molar-refractivity contribution in [3.63, 3.8) is 0 Å². The lowest BCUT2D eigenvalue weighted by atomic mass is 9.96. The van der Waals surface area contributed by atoms with Gasteiger partial charge in [-0.1, -0.05) is 18.2 Å². The van der Waals surface area contributed by atoms with Crippen molar-refractivity contribution in [1.82, 2.24) is 10.3 Å². The summed E-state index contributed by atoms with van der Waals surface area (Å²) in [6, 6.07) is 15.5. The average molecular weight is 582 g/mol. The fourth-order valence-electron chi connectivity index (χ4n) is 5.47. The average Bonchev–Trinajstić information content (AvgIpc) is 3.62. The van der Waals surface area contributed by atoms with Gasteiger partial charge in [0, 0.05) is 25.7 Å². The predicted molar refractivity (Wildman–Crippen MR) is 156 cm³/mol. The zero-order chi connectivity index (χ0) is 29.5. The third-order valence-electron chi connectivity index (χ3n) is 7.71. The van der Waals surface area contributed by atoms with Crippen molar-refractivity contribution in [3.8, 4) is 0 Å². The van der Waals surface area contributed by atoms with Gasteiger partial charge in [0.2, 0.25) is 10.0 Å². The van der Waals surface area contributed by atoms with Crippen LogP contribution in [-0.4, -0.2) is 45.7 Å². The van der Waals surface area contributed by atoms with Crippen molar-refractivity contribution in [2.45, 2.75) is 31.8 Å². The molecular weight excluding hydrogens is 548 g/mol. The Bertz CT molecular complexity index is 1600. The molecule has 1 amide bonds. The van der Waals surface area contributed by atoms with E-state index in [1.54, 1.807) is 43.3 Å². The zero-order valence-electron chi connectivity index (χ0n) is 23.2. The summed E-state index contributed by atoms with van der Waals surface area (Å²) in [5, 5.41) is 6.87. The molecule has 2 aliphatic rings. The van der Waals surface area contributed by atoms with Crippen LogP contribution in [0.3, 0.4) is 0 Å². The molecule has 0 aromatic heterocycles. The molecule has 1 saturated carbocycles. The summed E-state index contributed by atoms with van der Waals surface area (Å²) in [7, 11) is -1.98. The molecule has 0 spiro atoms. The Morgan fingerprint density at radius 1 is 1.02 bits per heavy atom. The van der Waals surface area contributed by atoms with E-state index in [2.05, 4.69) is 5.32 Å². The Balaban J connectivity index is 1.61. The highest BCUT2D eigenvalue weighted by Crippen LogP contribution is 2.46. The number of sulfonamides is 1. The Morgan fingerprint density at radius 3 is 2.17 bits per heavy atom. The number of hydrogen-bond acceptors (Lipinski definition) is 6. The summed E-state index contributed by atoms with van der Waals surface area (Å²) in [4.78, 5) is 14.0. The van der Waals surface area contributed by atoms with Crippen LogP contribution in [0.2, 0.25) is 0 Å². The predicted octanol–water partition coefficient (Wildman–Crippen LogP) is 4.34. The number of nitrogens with one attached hydrogen (secondary N) is 1. The van der Waals surface area contributed by atoms with E-state index < -0.39 is 21.5 Å². The molecule has 1 aliphatic carbocycles. The van der Waals surface area contributed by atoms with Gasteiger partial charge in [-0.25, -0.2) is 17.2 Å². The number of amides is 1. The first-order valence-corrected chi connectivity index (χ1v) is 15.2. The van der Waals surface area contributed by atoms with Crippen molar-refractivity contribution >= 4 is 33.0 Å². The lowest BCUT2D eigenvalue weighted by Gasteiger charge is -2.34. The second-order valence-electron chi connectivity index (χ2n) is 10.3. The molecule has 3 aromatic rings. The number of halogens is 2. The van der Waals surface area contributed by atoms with Crippen molar-refractivity contribution in [2.24, 2.45) is 5.73 Å². The molecule has 0 atom stereocenters. The topological polar surface area (TPSA) is 99.0 Å². The van der Waals surface area contributed by atoms with Gasteiger partial charge in [-0.15, -0.1) is 0 Å². The van der Waals surface area contributed by atoms with Crippen LogP contribution in [-0.2, 0) is 22.1 Å². The van der Waals surface area contributed by atoms with Crippen LogP contribution < -0.4 is 20.4 Å². The van der Waals surface area contributed by atoms with Gasteiger partial charge in [0.05, 0.1) is 41.0 Å². The van der Waals surface area contributed by atoms with Crippen LogP contribution >= 0.6 is 0 Å². The third-order valence-corrected chi connectivity index (χ3v) is 8.96. The standard InChI is InChI=1S/C30H33F2N5O3S/c1-4-37(41(3,39)40)28-25(29(38)34-30(16-17-30)21-6-8-22(31)9-7-21)14-5-20(19-33)27(28)26-15-18-36(35(26)2)24-12-10-23(32)11-13-24/h5-15H,4,16-19,33H2,1-3H3,(H,34,38). The molecule has 5 rings (SSSR count). The number of carbonyl (C=O) groups excluding carboxylic acids is 1. The number of anilines is 2. The lowest BCUT2D eigenvalue weighted by Crippen LogP contribution is -2.39. The summed E-state index contributed by atoms with van der Waals surface area (Å²) >= 11 is 0. The third kappa shape index (κ3) is 5.39. The molecule has 1 fully saturated rings. The van der Waals surface area contributed by atoms with Gasteiger partial charge >= 0.3 is 0 Å². The molecule has 41 heavy (non-hydrogen) atoms. The molecule has 216 valence electrons. The quantitative estimate of drug-likeness (QED) is 0.390. The summed E-state index contributed by atoms with van der Waals surface area (Å²) in [6.45, 7) is 2.34. The van der Waals surface area contributed by atoms with Crippen molar-refractivity contribution in [2.75, 3.05) is 35.7 Å². The molecule has 0 saturated heterocycles. The molecule has 3 aromatic carbocycles. The molecular formula is C30H33F2N5O3S. The first kappa shape index (κ1) is 28.6. The zero-order valence-corrected chi connectivity index (χ0v) is 24.0. The van der Waals surface area contributed by atoms with Crippen LogP contribution in [0.4, 0.5) is 20.2 Å². The van der Waals surface area contributed by atoms with Crippen LogP contribution in [0.1, 0.15) is 46.8 Å². The van der Waals surface area contributed by atoms with Crippen molar-refractivity contribution in [3.05, 3.63) is 101 Å². The van der Waals surface area contributed by atoms with E-state index in [0.717, 1.165) is 17.5 Å². The summed E-state index contributed by atoms with van der Waals surface area (Å²) < 4.78 is 54.6. The summed E-state index contributed by atoms with van der Waals surface area (Å²) in [6.07, 6.45) is 4.39. The summed E-state index contributed by atoms with van der Waals surface area (Å²) in [5.74, 6) is -1.16. The largest absolute Gasteiger partial charge is 0.342 e. The minimum Gasteiger partial charge on any atom is -0.342 e. The number of nitrogens with two attached hydrogens (primary N) is 1. The molecule has 1 heterocycles. The number of nitrogens with zero attached hydrogens (tertiary/aromatic N) is 3. The normalized spacial score (nSPS) is 16.0. The van der Waals surface area contributed by atoms with E-state index in [1.807, 2.05) is 23.1 Å². The SMILES string of the molecule is CCN(c1c(C(=O)NC2(c3ccc(F)cc3)CC2)ccc(CN)c1C1=CCN(c2ccc(F)cc2)N1C)S(C)(=O)=O. The maximum Gasteiger partial charge on any atom is 0.254 e. The Hall–Kier alpha value is -3.96. The molecule has 1 aliphatic heterocycles. The maximum atomic E-state index is 14.0. The van der Waals surface area contributed by atoms with Gasteiger partial charge in [-0.05, 0) is 79.4 Å². The molecule has 0 bridgehead atoms. The van der Waals surface area contributed by atoms with E-state index in [9.17, 15) is 22.0 Å². The summed E-state index contributed by atoms with van der Waals surface area (Å²) in [5.41, 5.74) is 9.35. The number of hydrogen-bond donors (Lipinski definition) is 2. The van der Waals surface area contributed by atoms with E-state index >= 15 is 0 Å². The van der Waals surface area contributed by atoms with E-state index in [4.69, 9.17) is 5.73 Å². The highest BCUT2D eigenvalue weighted by Gasteiger charge is 2.46. The number of hydrazine groups is 1. The Labute approximate surface area is 239 Å². The van der Waals surface area contributed by atoms with Crippen LogP contribution in [0, 0.1) is 11.6 Å². The first-order valence-electron chi connectivity index (χ1n) is 13.4. The monoisotopic (exact) mass is 581 g/mol. The van der Waals surface area contributed by atoms with Gasteiger partial charge < -0.3 is 11.1 Å². The molecule has 3 N–H and O–H groups in total. The smallest absolute Gasteiger partial charge is 0.254 e. The Morgan fingerprint density at radius 2 is 1.63 bits per heavy atom. The fraction of sp³-hybridized carbons (Fsp3) is 0.300. The van der Waals surface area contributed by atoms with Gasteiger partial charge in [-0.2, -0.15) is 0 Å². The first-order chi connectivity index (χ1) is 19.5. The van der Waals surface area contributed by atoms with E-state index in [-0.39, 0.29) is 36.0 Å².